The second-order valence-corrected chi connectivity index (χ2v) is 6.48. The van der Waals surface area contributed by atoms with Gasteiger partial charge in [-0.25, -0.2) is 0 Å². The van der Waals surface area contributed by atoms with Gasteiger partial charge < -0.3 is 9.67 Å². The Bertz CT molecular complexity index is 1110. The van der Waals surface area contributed by atoms with Crippen molar-refractivity contribution in [3.63, 3.8) is 0 Å². The molecular weight excluding hydrogens is 364 g/mol. The molecule has 0 bridgehead atoms. The van der Waals surface area contributed by atoms with Crippen LogP contribution in [0.4, 0.5) is 0 Å². The number of aromatic nitrogens is 1. The van der Waals surface area contributed by atoms with Crippen molar-refractivity contribution in [1.29, 1.82) is 5.26 Å². The van der Waals surface area contributed by atoms with Crippen molar-refractivity contribution in [2.45, 2.75) is 13.0 Å². The molecule has 0 aliphatic heterocycles. The second-order valence-electron chi connectivity index (χ2n) is 6.04. The lowest BCUT2D eigenvalue weighted by Gasteiger charge is -2.17. The van der Waals surface area contributed by atoms with Crippen molar-refractivity contribution in [2.24, 2.45) is 0 Å². The highest BCUT2D eigenvalue weighted by molar-refractivity contribution is 6.31. The SMILES string of the molecule is CC(c1ccccc1)n1cc(C(=O)c2cc(Cl)ccc2O)cc(C#N)c1=O. The first-order valence-corrected chi connectivity index (χ1v) is 8.54. The topological polar surface area (TPSA) is 83.1 Å². The second kappa shape index (κ2) is 7.48. The maximum absolute atomic E-state index is 12.9. The number of nitriles is 1. The summed E-state index contributed by atoms with van der Waals surface area (Å²) >= 11 is 5.92. The van der Waals surface area contributed by atoms with Gasteiger partial charge in [-0.3, -0.25) is 9.59 Å². The molecule has 5 nitrogen and oxygen atoms in total. The van der Waals surface area contributed by atoms with Gasteiger partial charge in [0.15, 0.2) is 5.78 Å². The molecule has 3 aromatic rings. The van der Waals surface area contributed by atoms with E-state index >= 15 is 0 Å². The number of hydrogen-bond donors (Lipinski definition) is 1. The van der Waals surface area contributed by atoms with Crippen LogP contribution in [0.2, 0.25) is 5.02 Å². The molecular formula is C21H15ClN2O3. The number of phenols is 1. The predicted molar refractivity (Wildman–Crippen MR) is 102 cm³/mol. The number of carbonyl (C=O) groups excluding carboxylic acids is 1. The van der Waals surface area contributed by atoms with Gasteiger partial charge in [0.1, 0.15) is 17.4 Å². The number of hydrogen-bond acceptors (Lipinski definition) is 4. The molecule has 1 N–H and O–H groups in total. The predicted octanol–water partition coefficient (Wildman–Crippen LogP) is 3.92. The van der Waals surface area contributed by atoms with Crippen LogP contribution in [0.1, 0.15) is 40.0 Å². The Balaban J connectivity index is 2.15. The number of halogens is 1. The Morgan fingerprint density at radius 2 is 1.89 bits per heavy atom. The van der Waals surface area contributed by atoms with Crippen molar-refractivity contribution in [2.75, 3.05) is 0 Å². The van der Waals surface area contributed by atoms with Crippen LogP contribution in [-0.2, 0) is 0 Å². The van der Waals surface area contributed by atoms with E-state index in [0.717, 1.165) is 5.56 Å². The van der Waals surface area contributed by atoms with E-state index in [1.165, 1.54) is 35.0 Å². The van der Waals surface area contributed by atoms with Gasteiger partial charge in [0.05, 0.1) is 11.6 Å². The molecule has 0 radical (unpaired) electrons. The third-order valence-corrected chi connectivity index (χ3v) is 4.56. The molecule has 0 aliphatic carbocycles. The molecule has 0 amide bonds. The summed E-state index contributed by atoms with van der Waals surface area (Å²) in [5.74, 6) is -0.753. The number of carbonyl (C=O) groups is 1. The molecule has 134 valence electrons. The summed E-state index contributed by atoms with van der Waals surface area (Å²) in [5, 5.41) is 19.6. The fourth-order valence-corrected chi connectivity index (χ4v) is 3.00. The molecule has 0 saturated heterocycles. The van der Waals surface area contributed by atoms with Gasteiger partial charge >= 0.3 is 0 Å². The van der Waals surface area contributed by atoms with Crippen LogP contribution in [0.5, 0.6) is 5.75 Å². The van der Waals surface area contributed by atoms with E-state index in [4.69, 9.17) is 11.6 Å². The summed E-state index contributed by atoms with van der Waals surface area (Å²) in [5.41, 5.74) is 0.347. The third kappa shape index (κ3) is 3.62. The molecule has 1 aromatic heterocycles. The first-order valence-electron chi connectivity index (χ1n) is 8.17. The molecule has 27 heavy (non-hydrogen) atoms. The fraction of sp³-hybridized carbons (Fsp3) is 0.0952. The monoisotopic (exact) mass is 378 g/mol. The van der Waals surface area contributed by atoms with Crippen LogP contribution in [0.3, 0.4) is 0 Å². The Morgan fingerprint density at radius 1 is 1.19 bits per heavy atom. The normalized spacial score (nSPS) is 11.6. The summed E-state index contributed by atoms with van der Waals surface area (Å²) in [6, 6.07) is 16.1. The summed E-state index contributed by atoms with van der Waals surface area (Å²) in [6.45, 7) is 1.81. The van der Waals surface area contributed by atoms with Gasteiger partial charge in [-0.1, -0.05) is 41.9 Å². The molecule has 1 heterocycles. The molecule has 2 aromatic carbocycles. The Hall–Kier alpha value is -3.36. The van der Waals surface area contributed by atoms with Crippen molar-refractivity contribution in [3.05, 3.63) is 98.4 Å². The van der Waals surface area contributed by atoms with Gasteiger partial charge in [0.25, 0.3) is 5.56 Å². The lowest BCUT2D eigenvalue weighted by atomic mass is 10.0. The van der Waals surface area contributed by atoms with Gasteiger partial charge in [-0.15, -0.1) is 0 Å². The highest BCUT2D eigenvalue weighted by atomic mass is 35.5. The minimum absolute atomic E-state index is 0.00366. The van der Waals surface area contributed by atoms with E-state index in [9.17, 15) is 20.0 Å². The van der Waals surface area contributed by atoms with Gasteiger partial charge in [0, 0.05) is 16.8 Å². The Labute approximate surface area is 160 Å². The van der Waals surface area contributed by atoms with Crippen LogP contribution in [0.15, 0.2) is 65.6 Å². The zero-order valence-electron chi connectivity index (χ0n) is 14.4. The van der Waals surface area contributed by atoms with Crippen LogP contribution in [0, 0.1) is 11.3 Å². The number of benzene rings is 2. The van der Waals surface area contributed by atoms with Crippen LogP contribution in [0.25, 0.3) is 0 Å². The van der Waals surface area contributed by atoms with Crippen LogP contribution >= 0.6 is 11.6 Å². The smallest absolute Gasteiger partial charge is 0.269 e. The molecule has 1 unspecified atom stereocenters. The standard InChI is InChI=1S/C21H15ClN2O3/c1-13(14-5-3-2-4-6-14)24-12-16(9-15(11-23)21(24)27)20(26)18-10-17(22)7-8-19(18)25/h2-10,12-13,25H,1H3. The van der Waals surface area contributed by atoms with Gasteiger partial charge in [-0.05, 0) is 36.8 Å². The highest BCUT2D eigenvalue weighted by Gasteiger charge is 2.19. The van der Waals surface area contributed by atoms with Crippen molar-refractivity contribution in [3.8, 4) is 11.8 Å². The number of aromatic hydroxyl groups is 1. The minimum atomic E-state index is -0.527. The summed E-state index contributed by atoms with van der Waals surface area (Å²) < 4.78 is 1.35. The molecule has 1 atom stereocenters. The summed E-state index contributed by atoms with van der Waals surface area (Å²) in [4.78, 5) is 25.5. The average molecular weight is 379 g/mol. The maximum atomic E-state index is 12.9. The lowest BCUT2D eigenvalue weighted by molar-refractivity contribution is 0.103. The van der Waals surface area contributed by atoms with E-state index in [0.29, 0.717) is 5.02 Å². The van der Waals surface area contributed by atoms with E-state index in [2.05, 4.69) is 0 Å². The van der Waals surface area contributed by atoms with Crippen molar-refractivity contribution in [1.82, 2.24) is 4.57 Å². The van der Waals surface area contributed by atoms with Gasteiger partial charge in [0.2, 0.25) is 0 Å². The van der Waals surface area contributed by atoms with E-state index < -0.39 is 11.3 Å². The van der Waals surface area contributed by atoms with E-state index in [1.807, 2.05) is 43.3 Å². The molecule has 3 rings (SSSR count). The molecule has 0 aliphatic rings. The Morgan fingerprint density at radius 3 is 2.56 bits per heavy atom. The quantitative estimate of drug-likeness (QED) is 0.697. The molecule has 6 heteroatoms. The number of ketones is 1. The highest BCUT2D eigenvalue weighted by Crippen LogP contribution is 2.25. The first kappa shape index (κ1) is 18.4. The molecule has 0 fully saturated rings. The number of nitrogens with zero attached hydrogens (tertiary/aromatic N) is 2. The van der Waals surface area contributed by atoms with E-state index in [-0.39, 0.29) is 28.5 Å². The Kier molecular flexibility index (Phi) is 5.11. The summed E-state index contributed by atoms with van der Waals surface area (Å²) in [7, 11) is 0. The third-order valence-electron chi connectivity index (χ3n) is 4.33. The fourth-order valence-electron chi connectivity index (χ4n) is 2.83. The van der Waals surface area contributed by atoms with E-state index in [1.54, 1.807) is 0 Å². The lowest BCUT2D eigenvalue weighted by Crippen LogP contribution is -2.27. The summed E-state index contributed by atoms with van der Waals surface area (Å²) in [6.07, 6.45) is 1.41. The van der Waals surface area contributed by atoms with Crippen LogP contribution < -0.4 is 5.56 Å². The molecule has 0 spiro atoms. The average Bonchev–Trinajstić information content (AvgIpc) is 2.69. The first-order chi connectivity index (χ1) is 12.9. The largest absolute Gasteiger partial charge is 0.507 e. The number of pyridine rings is 1. The van der Waals surface area contributed by atoms with Gasteiger partial charge in [-0.2, -0.15) is 5.26 Å². The minimum Gasteiger partial charge on any atom is -0.507 e. The molecule has 0 saturated carbocycles. The zero-order valence-corrected chi connectivity index (χ0v) is 15.1. The van der Waals surface area contributed by atoms with Crippen LogP contribution in [-0.4, -0.2) is 15.5 Å². The number of rotatable bonds is 4. The zero-order chi connectivity index (χ0) is 19.6. The maximum Gasteiger partial charge on any atom is 0.269 e. The van der Waals surface area contributed by atoms with Crippen molar-refractivity contribution >= 4 is 17.4 Å². The van der Waals surface area contributed by atoms with Crippen molar-refractivity contribution < 1.29 is 9.90 Å². The number of phenolic OH excluding ortho intramolecular Hbond substituents is 1.